The Labute approximate surface area is 235 Å². The second-order valence-electron chi connectivity index (χ2n) is 9.07. The molecular formula is C25H32N6O9P+. The second-order valence-corrected chi connectivity index (χ2v) is 11.1. The number of carbonyl (C=O) groups excluding carboxylic acids is 2. The molecule has 220 valence electrons. The number of hydrogen-bond donors (Lipinski definition) is 3. The zero-order valence-electron chi connectivity index (χ0n) is 22.9. The third-order valence-electron chi connectivity index (χ3n) is 5.15. The molecule has 0 saturated carbocycles. The number of carboxylic acid groups (broad SMARTS) is 1. The minimum Gasteiger partial charge on any atom is -0.478 e. The second kappa shape index (κ2) is 14.5. The number of quaternary nitrogens is 1. The molecule has 0 saturated heterocycles. The Kier molecular flexibility index (Phi) is 11.1. The number of benzene rings is 1. The SMILES string of the molecule is CC(C)OC(=O)[C@H](C)N[P@](=O)(CO[C@H](C)Cn1cnc2c([NH2+]OC(=O)/C=C/C(=O)O)ncnc21)Oc1ccccc1. The van der Waals surface area contributed by atoms with Crippen LogP contribution in [0.3, 0.4) is 0 Å². The van der Waals surface area contributed by atoms with Crippen molar-refractivity contribution in [2.24, 2.45) is 0 Å². The molecule has 0 aliphatic carbocycles. The van der Waals surface area contributed by atoms with Gasteiger partial charge in [0.25, 0.3) is 5.82 Å². The summed E-state index contributed by atoms with van der Waals surface area (Å²) in [5, 5.41) is 11.4. The van der Waals surface area contributed by atoms with Crippen LogP contribution in [0, 0.1) is 0 Å². The highest BCUT2D eigenvalue weighted by Crippen LogP contribution is 2.44. The molecule has 16 heteroatoms. The highest BCUT2D eigenvalue weighted by atomic mass is 31.2. The summed E-state index contributed by atoms with van der Waals surface area (Å²) >= 11 is 0. The first-order chi connectivity index (χ1) is 19.5. The molecule has 0 aliphatic heterocycles. The van der Waals surface area contributed by atoms with Crippen LogP contribution in [-0.2, 0) is 39.8 Å². The minimum atomic E-state index is -3.74. The molecule has 0 radical (unpaired) electrons. The van der Waals surface area contributed by atoms with E-state index in [1.165, 1.54) is 19.6 Å². The number of nitrogens with one attached hydrogen (secondary N) is 1. The van der Waals surface area contributed by atoms with Crippen LogP contribution >= 0.6 is 7.52 Å². The standard InChI is InChI=1S/C25H31N6O9P/c1-16(2)38-25(35)18(4)30-41(36,40-19-8-6-5-7-9-19)15-37-17(3)12-31-14-28-22-23(26-13-27-24(22)31)29-39-21(34)11-10-20(32)33/h5-11,13-14,16-18H,12,15H2,1-4H3,(H,30,36)(H,32,33)(H,26,27,29)/p+1/b11-10+/t17-,18+,41+/m1/s1. The number of aliphatic carboxylic acids is 1. The molecule has 2 aromatic heterocycles. The summed E-state index contributed by atoms with van der Waals surface area (Å²) in [6, 6.07) is 7.59. The Balaban J connectivity index is 1.68. The van der Waals surface area contributed by atoms with Gasteiger partial charge in [-0.15, -0.1) is 5.48 Å². The van der Waals surface area contributed by atoms with Crippen LogP contribution in [0.25, 0.3) is 11.2 Å². The number of para-hydroxylation sites is 1. The van der Waals surface area contributed by atoms with Gasteiger partial charge in [-0.3, -0.25) is 14.2 Å². The number of imidazole rings is 1. The molecule has 3 rings (SSSR count). The zero-order chi connectivity index (χ0) is 30.0. The number of ether oxygens (including phenoxy) is 2. The van der Waals surface area contributed by atoms with Gasteiger partial charge in [-0.25, -0.2) is 24.6 Å². The van der Waals surface area contributed by atoms with Crippen LogP contribution in [0.4, 0.5) is 5.82 Å². The van der Waals surface area contributed by atoms with Crippen LogP contribution in [0.5, 0.6) is 5.75 Å². The monoisotopic (exact) mass is 591 g/mol. The van der Waals surface area contributed by atoms with Gasteiger partial charge < -0.3 is 23.7 Å². The van der Waals surface area contributed by atoms with Crippen LogP contribution < -0.4 is 15.1 Å². The van der Waals surface area contributed by atoms with Gasteiger partial charge in [0, 0.05) is 12.2 Å². The van der Waals surface area contributed by atoms with E-state index >= 15 is 0 Å². The minimum absolute atomic E-state index is 0.201. The Morgan fingerprint density at radius 3 is 2.51 bits per heavy atom. The maximum absolute atomic E-state index is 13.8. The molecule has 4 N–H and O–H groups in total. The molecule has 3 atom stereocenters. The van der Waals surface area contributed by atoms with Crippen LogP contribution in [0.15, 0.2) is 55.1 Å². The Hall–Kier alpha value is -4.17. The fourth-order valence-electron chi connectivity index (χ4n) is 3.39. The summed E-state index contributed by atoms with van der Waals surface area (Å²) in [6.07, 6.45) is 2.94. The fraction of sp³-hybridized carbons (Fsp3) is 0.360. The Morgan fingerprint density at radius 1 is 1.10 bits per heavy atom. The van der Waals surface area contributed by atoms with Crippen molar-refractivity contribution in [3.63, 3.8) is 0 Å². The Morgan fingerprint density at radius 2 is 1.83 bits per heavy atom. The van der Waals surface area contributed by atoms with E-state index in [0.717, 1.165) is 11.6 Å². The van der Waals surface area contributed by atoms with Crippen LogP contribution in [-0.4, -0.2) is 67.1 Å². The van der Waals surface area contributed by atoms with E-state index < -0.39 is 37.6 Å². The molecule has 0 bridgehead atoms. The topological polar surface area (TPSA) is 198 Å². The normalized spacial score (nSPS) is 14.5. The molecule has 15 nitrogen and oxygen atoms in total. The van der Waals surface area contributed by atoms with Gasteiger partial charge in [-0.1, -0.05) is 18.2 Å². The van der Waals surface area contributed by atoms with Gasteiger partial charge in [0.2, 0.25) is 0 Å². The van der Waals surface area contributed by atoms with Crippen molar-refractivity contribution in [3.05, 3.63) is 55.1 Å². The van der Waals surface area contributed by atoms with Gasteiger partial charge in [0.1, 0.15) is 24.5 Å². The van der Waals surface area contributed by atoms with Crippen LogP contribution in [0.2, 0.25) is 0 Å². The third-order valence-corrected chi connectivity index (χ3v) is 6.93. The molecule has 0 unspecified atom stereocenters. The van der Waals surface area contributed by atoms with E-state index in [2.05, 4.69) is 20.0 Å². The predicted molar refractivity (Wildman–Crippen MR) is 144 cm³/mol. The van der Waals surface area contributed by atoms with Crippen molar-refractivity contribution in [2.75, 3.05) is 6.35 Å². The number of nitrogens with zero attached hydrogens (tertiary/aromatic N) is 4. The number of fused-ring (bicyclic) bond motifs is 1. The number of nitrogens with two attached hydrogens (primary N) is 1. The van der Waals surface area contributed by atoms with Crippen LogP contribution in [0.1, 0.15) is 27.7 Å². The van der Waals surface area contributed by atoms with E-state index in [1.807, 2.05) is 0 Å². The summed E-state index contributed by atoms with van der Waals surface area (Å²) in [7, 11) is -3.74. The van der Waals surface area contributed by atoms with E-state index in [-0.39, 0.29) is 24.8 Å². The molecule has 2 heterocycles. The van der Waals surface area contributed by atoms with Gasteiger partial charge in [0.15, 0.2) is 11.2 Å². The fourth-order valence-corrected chi connectivity index (χ4v) is 5.18. The molecule has 41 heavy (non-hydrogen) atoms. The number of esters is 1. The van der Waals surface area contributed by atoms with Crippen molar-refractivity contribution in [1.29, 1.82) is 0 Å². The van der Waals surface area contributed by atoms with Crippen molar-refractivity contribution >= 4 is 42.4 Å². The summed E-state index contributed by atoms with van der Waals surface area (Å²) in [6.45, 7) is 6.95. The molecular weight excluding hydrogens is 559 g/mol. The third kappa shape index (κ3) is 9.76. The lowest BCUT2D eigenvalue weighted by Crippen LogP contribution is -2.78. The van der Waals surface area contributed by atoms with E-state index in [9.17, 15) is 18.9 Å². The van der Waals surface area contributed by atoms with E-state index in [0.29, 0.717) is 23.0 Å². The number of carbonyl (C=O) groups is 3. The lowest BCUT2D eigenvalue weighted by atomic mass is 10.3. The van der Waals surface area contributed by atoms with Gasteiger partial charge in [-0.05, 0) is 39.8 Å². The van der Waals surface area contributed by atoms with Gasteiger partial charge >= 0.3 is 25.4 Å². The molecule has 0 spiro atoms. The predicted octanol–water partition coefficient (Wildman–Crippen LogP) is 1.68. The number of hydrogen-bond acceptors (Lipinski definition) is 11. The summed E-state index contributed by atoms with van der Waals surface area (Å²) < 4.78 is 32.3. The van der Waals surface area contributed by atoms with Crippen molar-refractivity contribution in [3.8, 4) is 5.75 Å². The number of rotatable bonds is 15. The number of carboxylic acids is 1. The van der Waals surface area contributed by atoms with E-state index in [1.54, 1.807) is 55.7 Å². The summed E-state index contributed by atoms with van der Waals surface area (Å²) in [5.41, 5.74) is 1.78. The number of aromatic nitrogens is 4. The zero-order valence-corrected chi connectivity index (χ0v) is 23.8. The van der Waals surface area contributed by atoms with Gasteiger partial charge in [-0.2, -0.15) is 4.98 Å². The molecule has 0 aliphatic rings. The van der Waals surface area contributed by atoms with Gasteiger partial charge in [0.05, 0.1) is 25.1 Å². The maximum Gasteiger partial charge on any atom is 0.391 e. The highest BCUT2D eigenvalue weighted by molar-refractivity contribution is 7.57. The summed E-state index contributed by atoms with van der Waals surface area (Å²) in [5.74, 6) is -2.23. The molecule has 1 aromatic carbocycles. The van der Waals surface area contributed by atoms with Crippen molar-refractivity contribution < 1.29 is 48.4 Å². The van der Waals surface area contributed by atoms with Crippen molar-refractivity contribution in [2.45, 2.75) is 52.5 Å². The molecule has 3 aromatic rings. The smallest absolute Gasteiger partial charge is 0.391 e. The first-order valence-electron chi connectivity index (χ1n) is 12.5. The van der Waals surface area contributed by atoms with E-state index in [4.69, 9.17) is 23.9 Å². The highest BCUT2D eigenvalue weighted by Gasteiger charge is 2.32. The average molecular weight is 592 g/mol. The average Bonchev–Trinajstić information content (AvgIpc) is 3.33. The lowest BCUT2D eigenvalue weighted by Gasteiger charge is -2.25. The first kappa shape index (κ1) is 31.4. The molecule has 0 fully saturated rings. The first-order valence-corrected chi connectivity index (χ1v) is 14.3. The Bertz CT molecular complexity index is 1430. The summed E-state index contributed by atoms with van der Waals surface area (Å²) in [4.78, 5) is 52.0. The largest absolute Gasteiger partial charge is 0.478 e. The quantitative estimate of drug-likeness (QED) is 0.1000. The maximum atomic E-state index is 13.8. The lowest BCUT2D eigenvalue weighted by molar-refractivity contribution is -0.811. The molecule has 0 amide bonds. The van der Waals surface area contributed by atoms with Crippen molar-refractivity contribution in [1.82, 2.24) is 24.6 Å².